The Hall–Kier alpha value is -3.43. The van der Waals surface area contributed by atoms with Crippen molar-refractivity contribution in [3.63, 3.8) is 0 Å². The fourth-order valence-corrected chi connectivity index (χ4v) is 3.06. The second kappa shape index (κ2) is 9.18. The van der Waals surface area contributed by atoms with Gasteiger partial charge in [-0.1, -0.05) is 40.2 Å². The quantitative estimate of drug-likeness (QED) is 0.372. The van der Waals surface area contributed by atoms with Gasteiger partial charge >= 0.3 is 5.97 Å². The van der Waals surface area contributed by atoms with Gasteiger partial charge in [-0.05, 0) is 59.7 Å². The van der Waals surface area contributed by atoms with E-state index in [1.807, 2.05) is 12.1 Å². The molecule has 6 heteroatoms. The van der Waals surface area contributed by atoms with Crippen LogP contribution in [0.3, 0.4) is 0 Å². The molecule has 0 atom stereocenters. The van der Waals surface area contributed by atoms with Crippen LogP contribution in [0.1, 0.15) is 27.0 Å². The van der Waals surface area contributed by atoms with Gasteiger partial charge in [-0.3, -0.25) is 0 Å². The zero-order valence-electron chi connectivity index (χ0n) is 15.1. The lowest BCUT2D eigenvalue weighted by Crippen LogP contribution is -1.98. The first-order chi connectivity index (χ1) is 14.0. The van der Waals surface area contributed by atoms with Crippen molar-refractivity contribution >= 4 is 33.5 Å². The molecular weight excluding hydrogens is 437 g/mol. The SMILES string of the molecule is N#C/C(=C/c1cc(Br)ccc1OCc1cccc(F)c1)c1ccc(C(=O)O)cc1. The number of allylic oxidation sites excluding steroid dienone is 1. The summed E-state index contributed by atoms with van der Waals surface area (Å²) in [5, 5.41) is 18.6. The van der Waals surface area contributed by atoms with E-state index in [0.717, 1.165) is 4.47 Å². The molecule has 3 aromatic rings. The fraction of sp³-hybridized carbons (Fsp3) is 0.0435. The lowest BCUT2D eigenvalue weighted by atomic mass is 10.0. The van der Waals surface area contributed by atoms with E-state index in [2.05, 4.69) is 22.0 Å². The minimum absolute atomic E-state index is 0.146. The van der Waals surface area contributed by atoms with Crippen LogP contribution in [0.5, 0.6) is 5.75 Å². The van der Waals surface area contributed by atoms with Crippen molar-refractivity contribution in [3.8, 4) is 11.8 Å². The topological polar surface area (TPSA) is 70.3 Å². The molecule has 0 spiro atoms. The molecule has 0 aliphatic carbocycles. The van der Waals surface area contributed by atoms with Gasteiger partial charge in [-0.15, -0.1) is 0 Å². The molecule has 3 aromatic carbocycles. The van der Waals surface area contributed by atoms with E-state index in [1.54, 1.807) is 36.4 Å². The first-order valence-corrected chi connectivity index (χ1v) is 9.38. The number of carboxylic acids is 1. The predicted molar refractivity (Wildman–Crippen MR) is 112 cm³/mol. The minimum atomic E-state index is -1.03. The Labute approximate surface area is 175 Å². The van der Waals surface area contributed by atoms with E-state index >= 15 is 0 Å². The molecule has 0 aliphatic heterocycles. The Morgan fingerprint density at radius 2 is 1.83 bits per heavy atom. The number of carboxylic acid groups (broad SMARTS) is 1. The van der Waals surface area contributed by atoms with Crippen LogP contribution in [-0.4, -0.2) is 11.1 Å². The molecule has 0 bridgehead atoms. The second-order valence-electron chi connectivity index (χ2n) is 6.15. The number of hydrogen-bond acceptors (Lipinski definition) is 3. The molecule has 0 heterocycles. The largest absolute Gasteiger partial charge is 0.488 e. The lowest BCUT2D eigenvalue weighted by Gasteiger charge is -2.11. The van der Waals surface area contributed by atoms with Crippen molar-refractivity contribution in [2.75, 3.05) is 0 Å². The zero-order valence-corrected chi connectivity index (χ0v) is 16.7. The highest BCUT2D eigenvalue weighted by atomic mass is 79.9. The van der Waals surface area contributed by atoms with E-state index in [4.69, 9.17) is 9.84 Å². The number of nitriles is 1. The molecule has 1 N–H and O–H groups in total. The summed E-state index contributed by atoms with van der Waals surface area (Å²) < 4.78 is 20.0. The number of hydrogen-bond donors (Lipinski definition) is 1. The summed E-state index contributed by atoms with van der Waals surface area (Å²) in [6.07, 6.45) is 1.67. The normalized spacial score (nSPS) is 11.0. The van der Waals surface area contributed by atoms with Gasteiger partial charge < -0.3 is 9.84 Å². The van der Waals surface area contributed by atoms with Gasteiger partial charge in [0, 0.05) is 10.0 Å². The maximum Gasteiger partial charge on any atom is 0.335 e. The molecule has 0 unspecified atom stereocenters. The van der Waals surface area contributed by atoms with Crippen LogP contribution < -0.4 is 4.74 Å². The monoisotopic (exact) mass is 451 g/mol. The summed E-state index contributed by atoms with van der Waals surface area (Å²) in [7, 11) is 0. The van der Waals surface area contributed by atoms with Gasteiger partial charge in [0.05, 0.1) is 17.2 Å². The zero-order chi connectivity index (χ0) is 20.8. The summed E-state index contributed by atoms with van der Waals surface area (Å²) in [4.78, 5) is 11.0. The predicted octanol–water partition coefficient (Wildman–Crippen LogP) is 5.93. The lowest BCUT2D eigenvalue weighted by molar-refractivity contribution is 0.0697. The number of aromatic carboxylic acids is 1. The maximum absolute atomic E-state index is 13.4. The highest BCUT2D eigenvalue weighted by molar-refractivity contribution is 9.10. The van der Waals surface area contributed by atoms with Gasteiger partial charge in [-0.2, -0.15) is 5.26 Å². The van der Waals surface area contributed by atoms with E-state index in [0.29, 0.717) is 28.0 Å². The summed E-state index contributed by atoms with van der Waals surface area (Å²) in [6, 6.07) is 19.7. The van der Waals surface area contributed by atoms with E-state index < -0.39 is 5.97 Å². The van der Waals surface area contributed by atoms with E-state index in [1.165, 1.54) is 24.3 Å². The molecule has 0 radical (unpaired) electrons. The van der Waals surface area contributed by atoms with Crippen LogP contribution >= 0.6 is 15.9 Å². The van der Waals surface area contributed by atoms with Crippen molar-refractivity contribution in [1.82, 2.24) is 0 Å². The van der Waals surface area contributed by atoms with Crippen molar-refractivity contribution in [2.45, 2.75) is 6.61 Å². The van der Waals surface area contributed by atoms with Crippen LogP contribution in [-0.2, 0) is 6.61 Å². The van der Waals surface area contributed by atoms with Crippen LogP contribution in [0.15, 0.2) is 71.2 Å². The number of halogens is 2. The Balaban J connectivity index is 1.90. The minimum Gasteiger partial charge on any atom is -0.488 e. The van der Waals surface area contributed by atoms with Crippen molar-refractivity contribution in [3.05, 3.63) is 99.3 Å². The van der Waals surface area contributed by atoms with Crippen LogP contribution in [0.25, 0.3) is 11.6 Å². The smallest absolute Gasteiger partial charge is 0.335 e. The Kier molecular flexibility index (Phi) is 6.43. The number of ether oxygens (including phenoxy) is 1. The third kappa shape index (κ3) is 5.31. The molecule has 144 valence electrons. The van der Waals surface area contributed by atoms with Gasteiger partial charge in [-0.25, -0.2) is 9.18 Å². The summed E-state index contributed by atoms with van der Waals surface area (Å²) in [5.41, 5.74) is 2.44. The second-order valence-corrected chi connectivity index (χ2v) is 7.07. The molecular formula is C23H15BrFNO3. The standard InChI is InChI=1S/C23H15BrFNO3/c24-20-8-9-22(29-14-15-2-1-3-21(25)10-15)18(12-20)11-19(13-26)16-4-6-17(7-5-16)23(27)28/h1-12H,14H2,(H,27,28)/b19-11-. The average molecular weight is 452 g/mol. The van der Waals surface area contributed by atoms with Crippen molar-refractivity contribution < 1.29 is 19.0 Å². The molecule has 0 aliphatic rings. The third-order valence-corrected chi connectivity index (χ3v) is 4.61. The summed E-state index contributed by atoms with van der Waals surface area (Å²) >= 11 is 3.41. The Morgan fingerprint density at radius 1 is 1.10 bits per heavy atom. The van der Waals surface area contributed by atoms with Crippen molar-refractivity contribution in [1.29, 1.82) is 5.26 Å². The molecule has 0 amide bonds. The molecule has 0 saturated carbocycles. The first-order valence-electron chi connectivity index (χ1n) is 8.58. The molecule has 0 fully saturated rings. The summed E-state index contributed by atoms with van der Waals surface area (Å²) in [6.45, 7) is 0.176. The first kappa shape index (κ1) is 20.3. The van der Waals surface area contributed by atoms with Crippen LogP contribution in [0.4, 0.5) is 4.39 Å². The van der Waals surface area contributed by atoms with Gasteiger partial charge in [0.25, 0.3) is 0 Å². The van der Waals surface area contributed by atoms with Crippen LogP contribution in [0, 0.1) is 17.1 Å². The van der Waals surface area contributed by atoms with Gasteiger partial charge in [0.1, 0.15) is 18.2 Å². The molecule has 0 aromatic heterocycles. The number of carbonyl (C=O) groups is 1. The molecule has 0 saturated heterocycles. The molecule has 3 rings (SSSR count). The number of rotatable bonds is 6. The van der Waals surface area contributed by atoms with E-state index in [9.17, 15) is 14.4 Å². The third-order valence-electron chi connectivity index (χ3n) is 4.12. The van der Waals surface area contributed by atoms with Crippen molar-refractivity contribution in [2.24, 2.45) is 0 Å². The Morgan fingerprint density at radius 3 is 2.48 bits per heavy atom. The Bertz CT molecular complexity index is 1120. The average Bonchev–Trinajstić information content (AvgIpc) is 2.71. The number of benzene rings is 3. The van der Waals surface area contributed by atoms with Gasteiger partial charge in [0.2, 0.25) is 0 Å². The molecule has 29 heavy (non-hydrogen) atoms. The highest BCUT2D eigenvalue weighted by Gasteiger charge is 2.09. The van der Waals surface area contributed by atoms with Gasteiger partial charge in [0.15, 0.2) is 0 Å². The van der Waals surface area contributed by atoms with Crippen LogP contribution in [0.2, 0.25) is 0 Å². The van der Waals surface area contributed by atoms with E-state index in [-0.39, 0.29) is 18.0 Å². The highest BCUT2D eigenvalue weighted by Crippen LogP contribution is 2.28. The summed E-state index contributed by atoms with van der Waals surface area (Å²) in [5.74, 6) is -0.829. The fourth-order valence-electron chi connectivity index (χ4n) is 2.68. The maximum atomic E-state index is 13.4. The molecule has 4 nitrogen and oxygen atoms in total. The number of nitrogens with zero attached hydrogens (tertiary/aromatic N) is 1.